The molecule has 0 aliphatic carbocycles. The lowest BCUT2D eigenvalue weighted by atomic mass is 9.79. The maximum atomic E-state index is 13.1. The SMILES string of the molecule is Cc1c([C@@H](O)CN2CCC(CNC(=O)c3ccc(-n4cnnn4)nc3)(c3ccccc3)C2)ccc2c1COC2=O. The van der Waals surface area contributed by atoms with Gasteiger partial charge in [-0.2, -0.15) is 4.68 Å². The third-order valence-corrected chi connectivity index (χ3v) is 8.00. The summed E-state index contributed by atoms with van der Waals surface area (Å²) in [5.74, 6) is -0.00673. The van der Waals surface area contributed by atoms with Crippen LogP contribution >= 0.6 is 0 Å². The van der Waals surface area contributed by atoms with E-state index in [4.69, 9.17) is 4.74 Å². The Hall–Kier alpha value is -4.48. The molecule has 2 N–H and O–H groups in total. The summed E-state index contributed by atoms with van der Waals surface area (Å²) in [6, 6.07) is 17.1. The average molecular weight is 540 g/mol. The monoisotopic (exact) mass is 539 g/mol. The maximum absolute atomic E-state index is 13.1. The molecule has 4 heterocycles. The van der Waals surface area contributed by atoms with Crippen LogP contribution in [0.2, 0.25) is 0 Å². The second-order valence-corrected chi connectivity index (χ2v) is 10.4. The summed E-state index contributed by atoms with van der Waals surface area (Å²) in [7, 11) is 0. The predicted octanol–water partition coefficient (Wildman–Crippen LogP) is 2.14. The highest BCUT2D eigenvalue weighted by Gasteiger charge is 2.40. The summed E-state index contributed by atoms with van der Waals surface area (Å²) >= 11 is 0. The van der Waals surface area contributed by atoms with Gasteiger partial charge >= 0.3 is 5.97 Å². The zero-order valence-corrected chi connectivity index (χ0v) is 22.0. The van der Waals surface area contributed by atoms with Crippen LogP contribution in [-0.4, -0.2) is 73.3 Å². The molecule has 1 amide bonds. The Morgan fingerprint density at radius 3 is 2.77 bits per heavy atom. The molecule has 2 aliphatic heterocycles. The van der Waals surface area contributed by atoms with Crippen LogP contribution in [0.4, 0.5) is 0 Å². The fourth-order valence-corrected chi connectivity index (χ4v) is 5.73. The molecule has 2 aromatic heterocycles. The van der Waals surface area contributed by atoms with Gasteiger partial charge in [-0.3, -0.25) is 9.69 Å². The van der Waals surface area contributed by atoms with E-state index < -0.39 is 6.10 Å². The first-order chi connectivity index (χ1) is 19.4. The van der Waals surface area contributed by atoms with Crippen molar-refractivity contribution < 1.29 is 19.4 Å². The van der Waals surface area contributed by atoms with Crippen molar-refractivity contribution in [2.75, 3.05) is 26.2 Å². The second kappa shape index (κ2) is 10.6. The minimum Gasteiger partial charge on any atom is -0.457 e. The Kier molecular flexibility index (Phi) is 6.82. The molecule has 2 aliphatic rings. The number of carbonyl (C=O) groups is 2. The number of cyclic esters (lactones) is 1. The van der Waals surface area contributed by atoms with Crippen molar-refractivity contribution in [3.05, 3.63) is 101 Å². The number of nitrogens with one attached hydrogen (secondary N) is 1. The number of β-amino-alcohol motifs (C(OH)–C–C–N with tert-alkyl or cyclic N) is 1. The number of rotatable bonds is 8. The van der Waals surface area contributed by atoms with Crippen LogP contribution in [-0.2, 0) is 16.8 Å². The summed E-state index contributed by atoms with van der Waals surface area (Å²) in [5.41, 5.74) is 4.41. The predicted molar refractivity (Wildman–Crippen MR) is 144 cm³/mol. The normalized spacial score (nSPS) is 19.3. The zero-order valence-electron chi connectivity index (χ0n) is 22.0. The van der Waals surface area contributed by atoms with Gasteiger partial charge in [0.15, 0.2) is 5.82 Å². The first-order valence-electron chi connectivity index (χ1n) is 13.2. The van der Waals surface area contributed by atoms with E-state index in [1.165, 1.54) is 17.2 Å². The molecule has 11 heteroatoms. The van der Waals surface area contributed by atoms with Crippen LogP contribution in [0.25, 0.3) is 5.82 Å². The van der Waals surface area contributed by atoms with Crippen LogP contribution in [0.3, 0.4) is 0 Å². The van der Waals surface area contributed by atoms with Crippen molar-refractivity contribution in [2.24, 2.45) is 0 Å². The Bertz CT molecular complexity index is 1530. The number of amides is 1. The standard InChI is InChI=1S/C29H29N7O4/c1-19-22(8-9-23-24(19)15-40-28(23)39)25(37)14-35-12-11-29(17-35,21-5-3-2-4-6-21)16-31-27(38)20-7-10-26(30-13-20)36-18-32-33-34-36/h2-10,13,18,25,37H,11-12,14-17H2,1H3,(H,31,38)/t25-,29?/m0/s1. The van der Waals surface area contributed by atoms with E-state index in [0.29, 0.717) is 36.6 Å². The molecule has 204 valence electrons. The lowest BCUT2D eigenvalue weighted by molar-refractivity contribution is 0.0534. The molecule has 0 bridgehead atoms. The smallest absolute Gasteiger partial charge is 0.338 e. The maximum Gasteiger partial charge on any atom is 0.338 e. The quantitative estimate of drug-likeness (QED) is 0.323. The number of hydrogen-bond acceptors (Lipinski definition) is 9. The summed E-state index contributed by atoms with van der Waals surface area (Å²) in [6.45, 7) is 4.51. The molecule has 6 rings (SSSR count). The van der Waals surface area contributed by atoms with Crippen LogP contribution in [0.15, 0.2) is 67.1 Å². The van der Waals surface area contributed by atoms with Gasteiger partial charge in [-0.1, -0.05) is 36.4 Å². The number of aliphatic hydroxyl groups is 1. The molecular formula is C29H29N7O4. The number of carbonyl (C=O) groups excluding carboxylic acids is 2. The number of nitrogens with zero attached hydrogens (tertiary/aromatic N) is 6. The second-order valence-electron chi connectivity index (χ2n) is 10.4. The average Bonchev–Trinajstić information content (AvgIpc) is 3.74. The van der Waals surface area contributed by atoms with E-state index in [-0.39, 0.29) is 23.9 Å². The van der Waals surface area contributed by atoms with Crippen molar-refractivity contribution in [2.45, 2.75) is 31.5 Å². The first kappa shape index (κ1) is 25.8. The Balaban J connectivity index is 1.15. The Morgan fingerprint density at radius 2 is 2.02 bits per heavy atom. The number of benzene rings is 2. The third kappa shape index (κ3) is 4.85. The number of aromatic nitrogens is 5. The number of hydrogen-bond donors (Lipinski definition) is 2. The highest BCUT2D eigenvalue weighted by Crippen LogP contribution is 2.36. The molecule has 4 aromatic rings. The van der Waals surface area contributed by atoms with Crippen molar-refractivity contribution in [1.29, 1.82) is 0 Å². The zero-order chi connectivity index (χ0) is 27.7. The van der Waals surface area contributed by atoms with Gasteiger partial charge in [-0.15, -0.1) is 5.10 Å². The molecule has 11 nitrogen and oxygen atoms in total. The highest BCUT2D eigenvalue weighted by molar-refractivity contribution is 5.94. The first-order valence-corrected chi connectivity index (χ1v) is 13.2. The van der Waals surface area contributed by atoms with Gasteiger partial charge in [0.2, 0.25) is 0 Å². The molecule has 1 saturated heterocycles. The van der Waals surface area contributed by atoms with Crippen LogP contribution in [0.5, 0.6) is 0 Å². The van der Waals surface area contributed by atoms with E-state index in [1.807, 2.05) is 31.2 Å². The molecule has 0 saturated carbocycles. The van der Waals surface area contributed by atoms with E-state index in [1.54, 1.807) is 18.2 Å². The lowest BCUT2D eigenvalue weighted by Crippen LogP contribution is -2.43. The van der Waals surface area contributed by atoms with Crippen molar-refractivity contribution in [1.82, 2.24) is 35.4 Å². The molecule has 2 aromatic carbocycles. The number of ether oxygens (including phenoxy) is 1. The fraction of sp³-hybridized carbons (Fsp3) is 0.310. The number of fused-ring (bicyclic) bond motifs is 1. The van der Waals surface area contributed by atoms with Gasteiger partial charge < -0.3 is 15.2 Å². The lowest BCUT2D eigenvalue weighted by Gasteiger charge is -2.31. The Labute approximate surface area is 230 Å². The molecule has 2 atom stereocenters. The molecule has 0 radical (unpaired) electrons. The largest absolute Gasteiger partial charge is 0.457 e. The van der Waals surface area contributed by atoms with E-state index in [0.717, 1.165) is 35.2 Å². The van der Waals surface area contributed by atoms with Gasteiger partial charge in [0.05, 0.1) is 17.2 Å². The number of esters is 1. The van der Waals surface area contributed by atoms with Crippen molar-refractivity contribution in [3.8, 4) is 5.82 Å². The summed E-state index contributed by atoms with van der Waals surface area (Å²) < 4.78 is 6.59. The molecule has 0 spiro atoms. The number of likely N-dealkylation sites (tertiary alicyclic amines) is 1. The molecule has 40 heavy (non-hydrogen) atoms. The van der Waals surface area contributed by atoms with Gasteiger partial charge in [0.25, 0.3) is 5.91 Å². The fourth-order valence-electron chi connectivity index (χ4n) is 5.73. The minimum atomic E-state index is -0.716. The molecule has 1 fully saturated rings. The highest BCUT2D eigenvalue weighted by atomic mass is 16.5. The van der Waals surface area contributed by atoms with E-state index in [2.05, 4.69) is 42.9 Å². The van der Waals surface area contributed by atoms with Gasteiger partial charge in [-0.25, -0.2) is 9.78 Å². The molecule has 1 unspecified atom stereocenters. The van der Waals surface area contributed by atoms with Crippen LogP contribution in [0.1, 0.15) is 55.5 Å². The minimum absolute atomic E-state index is 0.213. The van der Waals surface area contributed by atoms with E-state index in [9.17, 15) is 14.7 Å². The van der Waals surface area contributed by atoms with Crippen LogP contribution in [0, 0.1) is 6.92 Å². The number of pyridine rings is 1. The van der Waals surface area contributed by atoms with E-state index >= 15 is 0 Å². The van der Waals surface area contributed by atoms with Crippen molar-refractivity contribution >= 4 is 11.9 Å². The number of tetrazole rings is 1. The van der Waals surface area contributed by atoms with Crippen molar-refractivity contribution in [3.63, 3.8) is 0 Å². The van der Waals surface area contributed by atoms with Gasteiger partial charge in [-0.05, 0) is 65.2 Å². The van der Waals surface area contributed by atoms with Gasteiger partial charge in [0, 0.05) is 36.8 Å². The third-order valence-electron chi connectivity index (χ3n) is 8.00. The number of aliphatic hydroxyl groups excluding tert-OH is 1. The van der Waals surface area contributed by atoms with Crippen LogP contribution < -0.4 is 5.32 Å². The topological polar surface area (TPSA) is 135 Å². The summed E-state index contributed by atoms with van der Waals surface area (Å²) in [5, 5.41) is 25.3. The molecular weight excluding hydrogens is 510 g/mol. The Morgan fingerprint density at radius 1 is 1.18 bits per heavy atom. The van der Waals surface area contributed by atoms with Gasteiger partial charge in [0.1, 0.15) is 12.9 Å². The summed E-state index contributed by atoms with van der Waals surface area (Å²) in [6.07, 6.45) is 3.06. The summed E-state index contributed by atoms with van der Waals surface area (Å²) in [4.78, 5) is 31.5.